The summed E-state index contributed by atoms with van der Waals surface area (Å²) < 4.78 is 0. The average Bonchev–Trinajstić information content (AvgIpc) is 2.49. The van der Waals surface area contributed by atoms with Gasteiger partial charge in [-0.2, -0.15) is 0 Å². The van der Waals surface area contributed by atoms with Crippen LogP contribution >= 0.6 is 0 Å². The van der Waals surface area contributed by atoms with E-state index in [2.05, 4.69) is 22.2 Å². The minimum absolute atomic E-state index is 0.00780. The third-order valence-corrected chi connectivity index (χ3v) is 3.94. The summed E-state index contributed by atoms with van der Waals surface area (Å²) in [5, 5.41) is 3.03. The van der Waals surface area contributed by atoms with Crippen LogP contribution in [0.4, 0.5) is 5.69 Å². The maximum atomic E-state index is 12.3. The number of carbonyl (C=O) groups excluding carboxylic acids is 1. The van der Waals surface area contributed by atoms with E-state index in [1.54, 1.807) is 0 Å². The number of hydrogen-bond acceptors (Lipinski definition) is 4. The van der Waals surface area contributed by atoms with Gasteiger partial charge in [-0.1, -0.05) is 12.1 Å². The summed E-state index contributed by atoms with van der Waals surface area (Å²) >= 11 is 0. The van der Waals surface area contributed by atoms with Crippen molar-refractivity contribution >= 4 is 11.6 Å². The first-order valence-corrected chi connectivity index (χ1v) is 7.53. The number of para-hydroxylation sites is 1. The maximum absolute atomic E-state index is 12.3. The van der Waals surface area contributed by atoms with Gasteiger partial charge >= 0.3 is 0 Å². The zero-order valence-corrected chi connectivity index (χ0v) is 13.3. The van der Waals surface area contributed by atoms with E-state index in [1.165, 1.54) is 0 Å². The average molecular weight is 290 g/mol. The number of nitrogens with zero attached hydrogens (tertiary/aromatic N) is 3. The van der Waals surface area contributed by atoms with Crippen molar-refractivity contribution < 1.29 is 4.79 Å². The van der Waals surface area contributed by atoms with Gasteiger partial charge in [-0.05, 0) is 19.2 Å². The van der Waals surface area contributed by atoms with Gasteiger partial charge in [0.2, 0.25) is 0 Å². The second-order valence-electron chi connectivity index (χ2n) is 5.81. The Hall–Kier alpha value is -1.59. The van der Waals surface area contributed by atoms with Crippen LogP contribution in [0.25, 0.3) is 0 Å². The molecule has 1 aromatic carbocycles. The Kier molecular flexibility index (Phi) is 5.59. The Morgan fingerprint density at radius 3 is 2.52 bits per heavy atom. The van der Waals surface area contributed by atoms with E-state index in [0.29, 0.717) is 6.54 Å². The van der Waals surface area contributed by atoms with Gasteiger partial charge in [0, 0.05) is 59.1 Å². The monoisotopic (exact) mass is 290 g/mol. The zero-order chi connectivity index (χ0) is 15.2. The van der Waals surface area contributed by atoms with Crippen molar-refractivity contribution in [2.24, 2.45) is 0 Å². The van der Waals surface area contributed by atoms with Crippen molar-refractivity contribution in [2.45, 2.75) is 0 Å². The molecule has 0 atom stereocenters. The van der Waals surface area contributed by atoms with E-state index >= 15 is 0 Å². The lowest BCUT2D eigenvalue weighted by atomic mass is 10.1. The number of amides is 1. The molecule has 1 amide bonds. The molecule has 21 heavy (non-hydrogen) atoms. The quantitative estimate of drug-likeness (QED) is 0.868. The van der Waals surface area contributed by atoms with E-state index in [4.69, 9.17) is 0 Å². The molecule has 5 heteroatoms. The first kappa shape index (κ1) is 15.8. The number of hydrogen-bond donors (Lipinski definition) is 1. The van der Waals surface area contributed by atoms with Crippen molar-refractivity contribution in [3.8, 4) is 0 Å². The first-order valence-electron chi connectivity index (χ1n) is 7.53. The highest BCUT2D eigenvalue weighted by Gasteiger charge is 2.15. The second-order valence-corrected chi connectivity index (χ2v) is 5.81. The molecular weight excluding hydrogens is 264 g/mol. The predicted octanol–water partition coefficient (Wildman–Crippen LogP) is 0.730. The molecular formula is C16H26N4O. The summed E-state index contributed by atoms with van der Waals surface area (Å²) in [4.78, 5) is 19.0. The molecule has 1 aliphatic heterocycles. The van der Waals surface area contributed by atoms with Crippen LogP contribution in [-0.4, -0.2) is 76.1 Å². The summed E-state index contributed by atoms with van der Waals surface area (Å²) in [5.41, 5.74) is 1.69. The Labute approximate surface area is 127 Å². The molecule has 1 N–H and O–H groups in total. The number of anilines is 1. The molecule has 0 unspecified atom stereocenters. The molecule has 1 fully saturated rings. The lowest BCUT2D eigenvalue weighted by Crippen LogP contribution is -2.46. The Bertz CT molecular complexity index is 467. The third-order valence-electron chi connectivity index (χ3n) is 3.94. The fourth-order valence-electron chi connectivity index (χ4n) is 2.55. The van der Waals surface area contributed by atoms with Crippen LogP contribution in [-0.2, 0) is 0 Å². The molecule has 1 aliphatic rings. The Morgan fingerprint density at radius 2 is 1.86 bits per heavy atom. The van der Waals surface area contributed by atoms with Gasteiger partial charge in [0.15, 0.2) is 0 Å². The summed E-state index contributed by atoms with van der Waals surface area (Å²) in [5.74, 6) is 0.00780. The topological polar surface area (TPSA) is 38.8 Å². The molecule has 0 aliphatic carbocycles. The van der Waals surface area contributed by atoms with E-state index < -0.39 is 0 Å². The van der Waals surface area contributed by atoms with E-state index in [1.807, 2.05) is 43.3 Å². The van der Waals surface area contributed by atoms with E-state index in [0.717, 1.165) is 44.0 Å². The minimum Gasteiger partial charge on any atom is -0.377 e. The minimum atomic E-state index is 0.00780. The molecule has 0 saturated carbocycles. The highest BCUT2D eigenvalue weighted by atomic mass is 16.1. The van der Waals surface area contributed by atoms with Crippen molar-refractivity contribution in [2.75, 3.05) is 65.3 Å². The Morgan fingerprint density at radius 1 is 1.19 bits per heavy atom. The number of rotatable bonds is 5. The molecule has 0 spiro atoms. The van der Waals surface area contributed by atoms with Crippen molar-refractivity contribution in [3.63, 3.8) is 0 Å². The van der Waals surface area contributed by atoms with Gasteiger partial charge in [0.05, 0.1) is 5.56 Å². The highest BCUT2D eigenvalue weighted by molar-refractivity contribution is 5.99. The lowest BCUT2D eigenvalue weighted by molar-refractivity contribution is 0.0941. The summed E-state index contributed by atoms with van der Waals surface area (Å²) in [6, 6.07) is 7.70. The van der Waals surface area contributed by atoms with E-state index in [-0.39, 0.29) is 5.91 Å². The fraction of sp³-hybridized carbons (Fsp3) is 0.562. The van der Waals surface area contributed by atoms with E-state index in [9.17, 15) is 4.79 Å². The number of benzene rings is 1. The zero-order valence-electron chi connectivity index (χ0n) is 13.3. The predicted molar refractivity (Wildman–Crippen MR) is 87.0 cm³/mol. The lowest BCUT2D eigenvalue weighted by Gasteiger charge is -2.32. The summed E-state index contributed by atoms with van der Waals surface area (Å²) in [6.45, 7) is 6.00. The molecule has 5 nitrogen and oxygen atoms in total. The van der Waals surface area contributed by atoms with Crippen LogP contribution in [0.5, 0.6) is 0 Å². The molecule has 0 radical (unpaired) electrons. The second kappa shape index (κ2) is 7.43. The van der Waals surface area contributed by atoms with Gasteiger partial charge in [0.1, 0.15) is 0 Å². The van der Waals surface area contributed by atoms with Crippen LogP contribution in [0.1, 0.15) is 10.4 Å². The van der Waals surface area contributed by atoms with Gasteiger partial charge in [-0.25, -0.2) is 0 Å². The number of likely N-dealkylation sites (N-methyl/N-ethyl adjacent to an activating group) is 1. The van der Waals surface area contributed by atoms with Crippen molar-refractivity contribution in [1.29, 1.82) is 0 Å². The molecule has 1 saturated heterocycles. The Balaban J connectivity index is 1.82. The summed E-state index contributed by atoms with van der Waals surface area (Å²) in [7, 11) is 6.06. The van der Waals surface area contributed by atoms with Crippen LogP contribution in [0.2, 0.25) is 0 Å². The van der Waals surface area contributed by atoms with Crippen LogP contribution in [0.3, 0.4) is 0 Å². The first-order chi connectivity index (χ1) is 10.1. The molecule has 1 aromatic rings. The van der Waals surface area contributed by atoms with Crippen LogP contribution in [0, 0.1) is 0 Å². The standard InChI is InChI=1S/C16H26N4O/c1-18(2)15-7-5-4-6-14(15)16(21)17-8-9-20-12-10-19(3)11-13-20/h4-7H,8-13H2,1-3H3,(H,17,21). The molecule has 0 bridgehead atoms. The maximum Gasteiger partial charge on any atom is 0.253 e. The van der Waals surface area contributed by atoms with Gasteiger partial charge < -0.3 is 15.1 Å². The third kappa shape index (κ3) is 4.44. The molecule has 1 heterocycles. The highest BCUT2D eigenvalue weighted by Crippen LogP contribution is 2.17. The van der Waals surface area contributed by atoms with Crippen LogP contribution in [0.15, 0.2) is 24.3 Å². The smallest absolute Gasteiger partial charge is 0.253 e. The van der Waals surface area contributed by atoms with Gasteiger partial charge in [-0.15, -0.1) is 0 Å². The van der Waals surface area contributed by atoms with Crippen molar-refractivity contribution in [1.82, 2.24) is 15.1 Å². The van der Waals surface area contributed by atoms with Gasteiger partial charge in [-0.3, -0.25) is 9.69 Å². The van der Waals surface area contributed by atoms with Crippen molar-refractivity contribution in [3.05, 3.63) is 29.8 Å². The molecule has 116 valence electrons. The van der Waals surface area contributed by atoms with Gasteiger partial charge in [0.25, 0.3) is 5.91 Å². The SMILES string of the molecule is CN1CCN(CCNC(=O)c2ccccc2N(C)C)CC1. The van der Waals surface area contributed by atoms with Crippen LogP contribution < -0.4 is 10.2 Å². The molecule has 2 rings (SSSR count). The number of carbonyl (C=O) groups is 1. The largest absolute Gasteiger partial charge is 0.377 e. The molecule has 0 aromatic heterocycles. The number of piperazine rings is 1. The normalized spacial score (nSPS) is 16.7. The number of nitrogens with one attached hydrogen (secondary N) is 1. The summed E-state index contributed by atoms with van der Waals surface area (Å²) in [6.07, 6.45) is 0. The fourth-order valence-corrected chi connectivity index (χ4v) is 2.55.